The normalized spacial score (nSPS) is 20.2. The average molecular weight is 244 g/mol. The topological polar surface area (TPSA) is 54.0 Å². The number of pyridine rings is 1. The van der Waals surface area contributed by atoms with Crippen LogP contribution < -0.4 is 10.6 Å². The lowest BCUT2D eigenvalue weighted by molar-refractivity contribution is -0.117. The molecule has 0 saturated carbocycles. The van der Waals surface area contributed by atoms with Crippen LogP contribution in [0.3, 0.4) is 0 Å². The van der Waals surface area contributed by atoms with Gasteiger partial charge in [0.1, 0.15) is 5.82 Å². The molecule has 0 aliphatic carbocycles. The summed E-state index contributed by atoms with van der Waals surface area (Å²) < 4.78 is 0. The summed E-state index contributed by atoms with van der Waals surface area (Å²) in [5, 5.41) is 6.37. The third kappa shape index (κ3) is 2.84. The maximum atomic E-state index is 11.6. The Morgan fingerprint density at radius 2 is 2.53 bits per heavy atom. The summed E-state index contributed by atoms with van der Waals surface area (Å²) in [7, 11) is 0. The van der Waals surface area contributed by atoms with Crippen LogP contribution in [0.2, 0.25) is 5.02 Å². The molecule has 1 fully saturated rings. The fourth-order valence-electron chi connectivity index (χ4n) is 1.23. The summed E-state index contributed by atoms with van der Waals surface area (Å²) in [6.07, 6.45) is 1.51. The lowest BCUT2D eigenvalue weighted by Crippen LogP contribution is -2.37. The number of nitrogens with one attached hydrogen (secondary N) is 2. The Bertz CT molecular complexity index is 351. The van der Waals surface area contributed by atoms with Gasteiger partial charge in [-0.3, -0.25) is 10.1 Å². The maximum absolute atomic E-state index is 11.6. The van der Waals surface area contributed by atoms with Crippen LogP contribution in [0.1, 0.15) is 0 Å². The van der Waals surface area contributed by atoms with Crippen LogP contribution in [0.25, 0.3) is 0 Å². The number of anilines is 1. The zero-order chi connectivity index (χ0) is 10.7. The van der Waals surface area contributed by atoms with E-state index < -0.39 is 0 Å². The fourth-order valence-corrected chi connectivity index (χ4v) is 2.28. The molecular formula is C9H10ClN3OS. The van der Waals surface area contributed by atoms with Crippen molar-refractivity contribution in [2.75, 3.05) is 16.9 Å². The first-order chi connectivity index (χ1) is 7.25. The van der Waals surface area contributed by atoms with Crippen LogP contribution in [-0.2, 0) is 4.79 Å². The summed E-state index contributed by atoms with van der Waals surface area (Å²) in [6, 6.07) is 3.26. The van der Waals surface area contributed by atoms with Crippen molar-refractivity contribution in [1.82, 2.24) is 10.3 Å². The molecule has 2 N–H and O–H groups in total. The zero-order valence-electron chi connectivity index (χ0n) is 7.87. The Morgan fingerprint density at radius 1 is 1.67 bits per heavy atom. The van der Waals surface area contributed by atoms with E-state index in [1.54, 1.807) is 23.9 Å². The molecule has 80 valence electrons. The van der Waals surface area contributed by atoms with Crippen molar-refractivity contribution >= 4 is 35.1 Å². The third-order valence-electron chi connectivity index (χ3n) is 2.01. The van der Waals surface area contributed by atoms with E-state index in [4.69, 9.17) is 11.6 Å². The van der Waals surface area contributed by atoms with E-state index in [1.807, 2.05) is 0 Å². The molecule has 4 nitrogen and oxygen atoms in total. The number of halogens is 1. The van der Waals surface area contributed by atoms with Gasteiger partial charge in [-0.2, -0.15) is 0 Å². The molecule has 1 aliphatic rings. The highest BCUT2D eigenvalue weighted by atomic mass is 35.5. The van der Waals surface area contributed by atoms with Crippen LogP contribution in [-0.4, -0.2) is 28.6 Å². The minimum atomic E-state index is -0.118. The Morgan fingerprint density at radius 3 is 3.13 bits per heavy atom. The Hall–Kier alpha value is -0.780. The van der Waals surface area contributed by atoms with Crippen molar-refractivity contribution in [1.29, 1.82) is 0 Å². The second-order valence-corrected chi connectivity index (χ2v) is 4.59. The highest BCUT2D eigenvalue weighted by Gasteiger charge is 2.22. The highest BCUT2D eigenvalue weighted by molar-refractivity contribution is 7.99. The van der Waals surface area contributed by atoms with Crippen LogP contribution in [0.5, 0.6) is 0 Å². The molecule has 1 amide bonds. The monoisotopic (exact) mass is 243 g/mol. The first-order valence-electron chi connectivity index (χ1n) is 4.49. The predicted molar refractivity (Wildman–Crippen MR) is 62.1 cm³/mol. The van der Waals surface area contributed by atoms with Gasteiger partial charge in [-0.25, -0.2) is 4.98 Å². The van der Waals surface area contributed by atoms with E-state index in [9.17, 15) is 4.79 Å². The van der Waals surface area contributed by atoms with Gasteiger partial charge < -0.3 is 5.32 Å². The van der Waals surface area contributed by atoms with Crippen molar-refractivity contribution in [2.24, 2.45) is 0 Å². The number of hydrogen-bond acceptors (Lipinski definition) is 4. The molecule has 0 bridgehead atoms. The number of aromatic nitrogens is 1. The number of rotatable bonds is 2. The van der Waals surface area contributed by atoms with Crippen LogP contribution in [0, 0.1) is 0 Å². The highest BCUT2D eigenvalue weighted by Crippen LogP contribution is 2.13. The van der Waals surface area contributed by atoms with Gasteiger partial charge in [0.2, 0.25) is 5.91 Å². The number of amides is 1. The second-order valence-electron chi connectivity index (χ2n) is 3.12. The molecule has 0 unspecified atom stereocenters. The lowest BCUT2D eigenvalue weighted by atomic mass is 10.3. The van der Waals surface area contributed by atoms with E-state index in [1.165, 1.54) is 6.20 Å². The largest absolute Gasteiger partial charge is 0.309 e. The average Bonchev–Trinajstić information content (AvgIpc) is 2.74. The molecule has 6 heteroatoms. The molecular weight excluding hydrogens is 234 g/mol. The maximum Gasteiger partial charge on any atom is 0.243 e. The molecule has 1 aliphatic heterocycles. The third-order valence-corrected chi connectivity index (χ3v) is 3.17. The predicted octanol–water partition coefficient (Wildman–Crippen LogP) is 1.34. The van der Waals surface area contributed by atoms with E-state index >= 15 is 0 Å². The van der Waals surface area contributed by atoms with E-state index in [0.29, 0.717) is 10.8 Å². The van der Waals surface area contributed by atoms with Gasteiger partial charge in [0.25, 0.3) is 0 Å². The van der Waals surface area contributed by atoms with Gasteiger partial charge >= 0.3 is 0 Å². The molecule has 0 radical (unpaired) electrons. The van der Waals surface area contributed by atoms with Crippen molar-refractivity contribution in [3.63, 3.8) is 0 Å². The first kappa shape index (κ1) is 10.7. The number of carbonyl (C=O) groups is 1. The number of hydrogen-bond donors (Lipinski definition) is 2. The zero-order valence-corrected chi connectivity index (χ0v) is 9.44. The number of nitrogens with zero attached hydrogens (tertiary/aromatic N) is 1. The molecule has 1 atom stereocenters. The lowest BCUT2D eigenvalue weighted by Gasteiger charge is -2.09. The van der Waals surface area contributed by atoms with Crippen LogP contribution in [0.15, 0.2) is 18.3 Å². The molecule has 0 aromatic carbocycles. The van der Waals surface area contributed by atoms with Crippen molar-refractivity contribution in [3.05, 3.63) is 23.4 Å². The molecule has 1 aromatic rings. The summed E-state index contributed by atoms with van der Waals surface area (Å²) in [5.74, 6) is 2.11. The fraction of sp³-hybridized carbons (Fsp3) is 0.333. The van der Waals surface area contributed by atoms with Gasteiger partial charge in [0, 0.05) is 17.8 Å². The Labute approximate surface area is 96.8 Å². The summed E-state index contributed by atoms with van der Waals surface area (Å²) >= 11 is 7.39. The second kappa shape index (κ2) is 4.83. The number of thioether (sulfide) groups is 1. The smallest absolute Gasteiger partial charge is 0.243 e. The van der Waals surface area contributed by atoms with Gasteiger partial charge in [0.05, 0.1) is 11.1 Å². The van der Waals surface area contributed by atoms with E-state index in [2.05, 4.69) is 15.6 Å². The van der Waals surface area contributed by atoms with Crippen molar-refractivity contribution in [2.45, 2.75) is 6.04 Å². The Kier molecular flexibility index (Phi) is 3.45. The Balaban J connectivity index is 1.96. The van der Waals surface area contributed by atoms with Gasteiger partial charge in [0.15, 0.2) is 0 Å². The van der Waals surface area contributed by atoms with Gasteiger partial charge in [-0.1, -0.05) is 11.6 Å². The van der Waals surface area contributed by atoms with E-state index in [-0.39, 0.29) is 11.9 Å². The van der Waals surface area contributed by atoms with Gasteiger partial charge in [-0.15, -0.1) is 11.8 Å². The molecule has 0 spiro atoms. The van der Waals surface area contributed by atoms with Crippen LogP contribution in [0.4, 0.5) is 5.82 Å². The van der Waals surface area contributed by atoms with Crippen molar-refractivity contribution < 1.29 is 4.79 Å². The minimum Gasteiger partial charge on any atom is -0.309 e. The first-order valence-corrected chi connectivity index (χ1v) is 6.02. The van der Waals surface area contributed by atoms with E-state index in [0.717, 1.165) is 11.6 Å². The quantitative estimate of drug-likeness (QED) is 0.823. The molecule has 15 heavy (non-hydrogen) atoms. The minimum absolute atomic E-state index is 0.0465. The standard InChI is InChI=1S/C9H10ClN3OS/c10-6-1-2-8(11-3-6)13-9(14)7-4-15-5-12-7/h1-3,7,12H,4-5H2,(H,11,13,14)/t7-/m0/s1. The molecule has 1 aromatic heterocycles. The molecule has 2 heterocycles. The SMILES string of the molecule is O=C(Nc1ccc(Cl)cn1)[C@@H]1CSCN1. The summed E-state index contributed by atoms with van der Waals surface area (Å²) in [5.41, 5.74) is 0. The van der Waals surface area contributed by atoms with Crippen LogP contribution >= 0.6 is 23.4 Å². The van der Waals surface area contributed by atoms with Crippen molar-refractivity contribution in [3.8, 4) is 0 Å². The van der Waals surface area contributed by atoms with Gasteiger partial charge in [-0.05, 0) is 12.1 Å². The molecule has 2 rings (SSSR count). The summed E-state index contributed by atoms with van der Waals surface area (Å²) in [4.78, 5) is 15.6. The molecule has 1 saturated heterocycles. The number of carbonyl (C=O) groups excluding carboxylic acids is 1. The summed E-state index contributed by atoms with van der Waals surface area (Å²) in [6.45, 7) is 0.